The molecular formula is C22H21N3O4. The predicted molar refractivity (Wildman–Crippen MR) is 110 cm³/mol. The first-order valence-corrected chi connectivity index (χ1v) is 8.99. The summed E-state index contributed by atoms with van der Waals surface area (Å²) < 4.78 is 7.06. The Kier molecular flexibility index (Phi) is 5.78. The number of carbonyl (C=O) groups excluding carboxylic acids is 2. The Morgan fingerprint density at radius 1 is 1.03 bits per heavy atom. The fraction of sp³-hybridized carbons (Fsp3) is 0.136. The lowest BCUT2D eigenvalue weighted by atomic mass is 10.1. The van der Waals surface area contributed by atoms with Gasteiger partial charge in [-0.2, -0.15) is 0 Å². The first-order chi connectivity index (χ1) is 13.9. The van der Waals surface area contributed by atoms with Crippen LogP contribution >= 0.6 is 0 Å². The number of primary amides is 1. The summed E-state index contributed by atoms with van der Waals surface area (Å²) in [4.78, 5) is 36.8. The van der Waals surface area contributed by atoms with Gasteiger partial charge in [-0.05, 0) is 49.7 Å². The summed E-state index contributed by atoms with van der Waals surface area (Å²) in [5, 5.41) is 2.76. The van der Waals surface area contributed by atoms with Gasteiger partial charge in [0, 0.05) is 5.69 Å². The van der Waals surface area contributed by atoms with E-state index in [9.17, 15) is 14.4 Å². The highest BCUT2D eigenvalue weighted by Crippen LogP contribution is 2.29. The molecule has 0 aliphatic carbocycles. The van der Waals surface area contributed by atoms with Crippen molar-refractivity contribution in [1.29, 1.82) is 0 Å². The molecule has 148 valence electrons. The zero-order chi connectivity index (χ0) is 21.0. The molecule has 1 aromatic heterocycles. The number of benzene rings is 2. The average Bonchev–Trinajstić information content (AvgIpc) is 2.67. The zero-order valence-corrected chi connectivity index (χ0v) is 16.1. The van der Waals surface area contributed by atoms with Crippen LogP contribution in [0.1, 0.15) is 21.6 Å². The molecule has 0 bridgehead atoms. The standard InChI is InChI=1S/C22H21N3O4/c1-14-12-15(2)25(22(28)20(14)21(23)27)13-19(26)24-17-10-6-7-11-18(17)29-16-8-4-3-5-9-16/h3-12H,13H2,1-2H3,(H2,23,27)(H,24,26). The van der Waals surface area contributed by atoms with E-state index < -0.39 is 17.4 Å². The maximum atomic E-state index is 12.6. The van der Waals surface area contributed by atoms with Gasteiger partial charge in [0.05, 0.1) is 5.69 Å². The van der Waals surface area contributed by atoms with Crippen LogP contribution in [0, 0.1) is 13.8 Å². The molecule has 0 atom stereocenters. The molecular weight excluding hydrogens is 370 g/mol. The Hall–Kier alpha value is -3.87. The van der Waals surface area contributed by atoms with Crippen LogP contribution in [0.3, 0.4) is 0 Å². The highest BCUT2D eigenvalue weighted by molar-refractivity contribution is 5.94. The third kappa shape index (κ3) is 4.52. The second kappa shape index (κ2) is 8.43. The second-order valence-corrected chi connectivity index (χ2v) is 6.56. The monoisotopic (exact) mass is 391 g/mol. The van der Waals surface area contributed by atoms with Crippen molar-refractivity contribution in [3.05, 3.63) is 87.8 Å². The molecule has 3 N–H and O–H groups in total. The highest BCUT2D eigenvalue weighted by Gasteiger charge is 2.17. The molecule has 0 saturated heterocycles. The van der Waals surface area contributed by atoms with Gasteiger partial charge in [0.1, 0.15) is 17.9 Å². The van der Waals surface area contributed by atoms with Gasteiger partial charge >= 0.3 is 0 Å². The van der Waals surface area contributed by atoms with Gasteiger partial charge in [0.25, 0.3) is 11.5 Å². The number of nitrogens with two attached hydrogens (primary N) is 1. The minimum atomic E-state index is -0.816. The van der Waals surface area contributed by atoms with Crippen LogP contribution in [0.4, 0.5) is 5.69 Å². The molecule has 0 radical (unpaired) electrons. The van der Waals surface area contributed by atoms with Crippen molar-refractivity contribution in [3.8, 4) is 11.5 Å². The summed E-state index contributed by atoms with van der Waals surface area (Å²) in [7, 11) is 0. The Bertz CT molecular complexity index is 1120. The summed E-state index contributed by atoms with van der Waals surface area (Å²) in [5.74, 6) is -0.148. The van der Waals surface area contributed by atoms with Crippen LogP contribution in [0.2, 0.25) is 0 Å². The number of aryl methyl sites for hydroxylation is 2. The summed E-state index contributed by atoms with van der Waals surface area (Å²) >= 11 is 0. The second-order valence-electron chi connectivity index (χ2n) is 6.56. The van der Waals surface area contributed by atoms with E-state index in [0.717, 1.165) is 0 Å². The first kappa shape index (κ1) is 19.9. The minimum absolute atomic E-state index is 0.115. The third-order valence-corrected chi connectivity index (χ3v) is 4.38. The molecule has 0 aliphatic rings. The number of amides is 2. The van der Waals surface area contributed by atoms with Crippen molar-refractivity contribution >= 4 is 17.5 Å². The van der Waals surface area contributed by atoms with Crippen LogP contribution in [0.15, 0.2) is 65.5 Å². The summed E-state index contributed by atoms with van der Waals surface area (Å²) in [5.41, 5.74) is 6.12. The van der Waals surface area contributed by atoms with Gasteiger partial charge in [-0.15, -0.1) is 0 Å². The van der Waals surface area contributed by atoms with E-state index in [-0.39, 0.29) is 12.1 Å². The normalized spacial score (nSPS) is 10.4. The molecule has 7 heteroatoms. The first-order valence-electron chi connectivity index (χ1n) is 8.99. The van der Waals surface area contributed by atoms with E-state index in [1.165, 1.54) is 4.57 Å². The molecule has 1 heterocycles. The Labute approximate surface area is 167 Å². The molecule has 0 unspecified atom stereocenters. The van der Waals surface area contributed by atoms with E-state index in [2.05, 4.69) is 5.32 Å². The molecule has 7 nitrogen and oxygen atoms in total. The number of ether oxygens (including phenoxy) is 1. The molecule has 0 saturated carbocycles. The number of hydrogen-bond donors (Lipinski definition) is 2. The summed E-state index contributed by atoms with van der Waals surface area (Å²) in [6.45, 7) is 3.07. The van der Waals surface area contributed by atoms with Crippen LogP contribution in [0.5, 0.6) is 11.5 Å². The number of rotatable bonds is 6. The number of anilines is 1. The third-order valence-electron chi connectivity index (χ3n) is 4.38. The lowest BCUT2D eigenvalue weighted by Gasteiger charge is -2.15. The molecule has 3 rings (SSSR count). The highest BCUT2D eigenvalue weighted by atomic mass is 16.5. The number of aromatic nitrogens is 1. The van der Waals surface area contributed by atoms with Crippen LogP contribution < -0.4 is 21.3 Å². The maximum absolute atomic E-state index is 12.6. The smallest absolute Gasteiger partial charge is 0.264 e. The lowest BCUT2D eigenvalue weighted by molar-refractivity contribution is -0.116. The zero-order valence-electron chi connectivity index (χ0n) is 16.1. The minimum Gasteiger partial charge on any atom is -0.455 e. The Balaban J connectivity index is 1.83. The van der Waals surface area contributed by atoms with Gasteiger partial charge in [-0.1, -0.05) is 30.3 Å². The summed E-state index contributed by atoms with van der Waals surface area (Å²) in [6.07, 6.45) is 0. The van der Waals surface area contributed by atoms with E-state index in [0.29, 0.717) is 28.4 Å². The van der Waals surface area contributed by atoms with Crippen molar-refractivity contribution in [3.63, 3.8) is 0 Å². The van der Waals surface area contributed by atoms with E-state index >= 15 is 0 Å². The van der Waals surface area contributed by atoms with Gasteiger partial charge in [0.15, 0.2) is 5.75 Å². The van der Waals surface area contributed by atoms with Gasteiger partial charge in [-0.25, -0.2) is 0 Å². The van der Waals surface area contributed by atoms with Crippen molar-refractivity contribution in [2.75, 3.05) is 5.32 Å². The molecule has 2 aromatic carbocycles. The largest absolute Gasteiger partial charge is 0.455 e. The van der Waals surface area contributed by atoms with Gasteiger partial charge in [-0.3, -0.25) is 14.4 Å². The van der Waals surface area contributed by atoms with Crippen LogP contribution in [0.25, 0.3) is 0 Å². The molecule has 0 aliphatic heterocycles. The number of pyridine rings is 1. The van der Waals surface area contributed by atoms with Crippen LogP contribution in [-0.4, -0.2) is 16.4 Å². The van der Waals surface area contributed by atoms with Crippen molar-refractivity contribution in [2.45, 2.75) is 20.4 Å². The summed E-state index contributed by atoms with van der Waals surface area (Å²) in [6, 6.07) is 17.8. The topological polar surface area (TPSA) is 103 Å². The van der Waals surface area contributed by atoms with Crippen molar-refractivity contribution in [1.82, 2.24) is 4.57 Å². The number of carbonyl (C=O) groups is 2. The predicted octanol–water partition coefficient (Wildman–Crippen LogP) is 3.00. The van der Waals surface area contributed by atoms with Gasteiger partial charge < -0.3 is 20.4 Å². The number of nitrogens with zero attached hydrogens (tertiary/aromatic N) is 1. The molecule has 29 heavy (non-hydrogen) atoms. The molecule has 0 fully saturated rings. The maximum Gasteiger partial charge on any atom is 0.264 e. The Morgan fingerprint density at radius 2 is 1.69 bits per heavy atom. The average molecular weight is 391 g/mol. The fourth-order valence-corrected chi connectivity index (χ4v) is 3.03. The molecule has 0 spiro atoms. The fourth-order valence-electron chi connectivity index (χ4n) is 3.03. The van der Waals surface area contributed by atoms with E-state index in [4.69, 9.17) is 10.5 Å². The van der Waals surface area contributed by atoms with Crippen molar-refractivity contribution in [2.24, 2.45) is 5.73 Å². The number of hydrogen-bond acceptors (Lipinski definition) is 4. The van der Waals surface area contributed by atoms with E-state index in [1.807, 2.05) is 18.2 Å². The number of para-hydroxylation sites is 3. The Morgan fingerprint density at radius 3 is 2.38 bits per heavy atom. The SMILES string of the molecule is Cc1cc(C)n(CC(=O)Nc2ccccc2Oc2ccccc2)c(=O)c1C(N)=O. The lowest BCUT2D eigenvalue weighted by Crippen LogP contribution is -2.35. The quantitative estimate of drug-likeness (QED) is 0.674. The van der Waals surface area contributed by atoms with Gasteiger partial charge in [0.2, 0.25) is 5.91 Å². The molecule has 3 aromatic rings. The van der Waals surface area contributed by atoms with Crippen molar-refractivity contribution < 1.29 is 14.3 Å². The van der Waals surface area contributed by atoms with E-state index in [1.54, 1.807) is 56.3 Å². The van der Waals surface area contributed by atoms with Crippen LogP contribution in [-0.2, 0) is 11.3 Å². The number of nitrogens with one attached hydrogen (secondary N) is 1. The molecule has 2 amide bonds.